The highest BCUT2D eigenvalue weighted by atomic mass is 19.4. The van der Waals surface area contributed by atoms with Crippen LogP contribution in [0.4, 0.5) is 13.2 Å². The second kappa shape index (κ2) is 4.33. The van der Waals surface area contributed by atoms with E-state index in [4.69, 9.17) is 4.74 Å². The molecule has 0 atom stereocenters. The van der Waals surface area contributed by atoms with Gasteiger partial charge in [-0.05, 0) is 12.1 Å². The van der Waals surface area contributed by atoms with Gasteiger partial charge in [-0.2, -0.15) is 18.3 Å². The summed E-state index contributed by atoms with van der Waals surface area (Å²) >= 11 is 0. The van der Waals surface area contributed by atoms with E-state index in [1.807, 2.05) is 0 Å². The number of rotatable bonds is 3. The van der Waals surface area contributed by atoms with Crippen LogP contribution in [0.25, 0.3) is 11.0 Å². The average molecular weight is 245 g/mol. The van der Waals surface area contributed by atoms with Crippen LogP contribution in [0.15, 0.2) is 18.3 Å². The van der Waals surface area contributed by atoms with E-state index < -0.39 is 11.9 Å². The monoisotopic (exact) mass is 245 g/mol. The van der Waals surface area contributed by atoms with Crippen molar-refractivity contribution in [1.29, 1.82) is 0 Å². The van der Waals surface area contributed by atoms with Crippen molar-refractivity contribution in [2.45, 2.75) is 12.7 Å². The summed E-state index contributed by atoms with van der Waals surface area (Å²) in [7, 11) is 1.54. The van der Waals surface area contributed by atoms with Crippen molar-refractivity contribution in [3.8, 4) is 0 Å². The minimum Gasteiger partial charge on any atom is -0.383 e. The number of hydrogen-bond acceptors (Lipinski definition) is 3. The quantitative estimate of drug-likeness (QED) is 0.831. The zero-order chi connectivity index (χ0) is 12.5. The Bertz CT molecular complexity index is 521. The average Bonchev–Trinajstić information content (AvgIpc) is 2.66. The van der Waals surface area contributed by atoms with Crippen molar-refractivity contribution < 1.29 is 17.9 Å². The zero-order valence-electron chi connectivity index (χ0n) is 9.03. The number of aromatic nitrogens is 3. The first-order valence-corrected chi connectivity index (χ1v) is 4.91. The third-order valence-corrected chi connectivity index (χ3v) is 2.22. The Morgan fingerprint density at radius 3 is 2.71 bits per heavy atom. The molecular formula is C10H10F3N3O. The molecule has 0 spiro atoms. The molecule has 0 bridgehead atoms. The zero-order valence-corrected chi connectivity index (χ0v) is 9.03. The van der Waals surface area contributed by atoms with Crippen molar-refractivity contribution in [3.05, 3.63) is 24.0 Å². The third-order valence-electron chi connectivity index (χ3n) is 2.22. The van der Waals surface area contributed by atoms with E-state index in [2.05, 4.69) is 10.1 Å². The van der Waals surface area contributed by atoms with Gasteiger partial charge >= 0.3 is 6.18 Å². The van der Waals surface area contributed by atoms with Gasteiger partial charge in [0.25, 0.3) is 0 Å². The highest BCUT2D eigenvalue weighted by Gasteiger charge is 2.32. The Kier molecular flexibility index (Phi) is 3.01. The Hall–Kier alpha value is -1.63. The van der Waals surface area contributed by atoms with Crippen molar-refractivity contribution in [1.82, 2.24) is 14.8 Å². The van der Waals surface area contributed by atoms with E-state index in [0.29, 0.717) is 18.7 Å². The van der Waals surface area contributed by atoms with Gasteiger partial charge in [-0.1, -0.05) is 0 Å². The largest absolute Gasteiger partial charge is 0.433 e. The highest BCUT2D eigenvalue weighted by Crippen LogP contribution is 2.28. The summed E-state index contributed by atoms with van der Waals surface area (Å²) in [6.45, 7) is 0.925. The fourth-order valence-electron chi connectivity index (χ4n) is 1.41. The number of methoxy groups -OCH3 is 1. The molecule has 2 aromatic rings. The molecule has 0 aliphatic rings. The standard InChI is InChI=1S/C10H10F3N3O/c1-17-5-4-16-6-8-7(15-16)2-3-9(14-8)10(11,12)13/h2-3,6H,4-5H2,1H3. The minimum absolute atomic E-state index is 0.232. The normalized spacial score (nSPS) is 12.2. The maximum absolute atomic E-state index is 12.4. The number of nitrogens with zero attached hydrogens (tertiary/aromatic N) is 3. The molecule has 0 fully saturated rings. The molecule has 0 radical (unpaired) electrons. The first kappa shape index (κ1) is 11.8. The molecular weight excluding hydrogens is 235 g/mol. The van der Waals surface area contributed by atoms with E-state index in [1.165, 1.54) is 16.9 Å². The predicted molar refractivity (Wildman–Crippen MR) is 54.4 cm³/mol. The second-order valence-corrected chi connectivity index (χ2v) is 3.48. The van der Waals surface area contributed by atoms with Crippen molar-refractivity contribution in [2.75, 3.05) is 13.7 Å². The van der Waals surface area contributed by atoms with E-state index in [-0.39, 0.29) is 5.52 Å². The van der Waals surface area contributed by atoms with Gasteiger partial charge in [-0.15, -0.1) is 0 Å². The van der Waals surface area contributed by atoms with Gasteiger partial charge in [-0.25, -0.2) is 4.98 Å². The van der Waals surface area contributed by atoms with Gasteiger partial charge in [0.05, 0.1) is 19.3 Å². The van der Waals surface area contributed by atoms with E-state index in [0.717, 1.165) is 6.07 Å². The number of halogens is 3. The number of fused-ring (bicyclic) bond motifs is 1. The minimum atomic E-state index is -4.43. The van der Waals surface area contributed by atoms with Crippen LogP contribution in [0, 0.1) is 0 Å². The first-order valence-electron chi connectivity index (χ1n) is 4.91. The molecule has 0 aliphatic carbocycles. The Morgan fingerprint density at radius 2 is 2.06 bits per heavy atom. The van der Waals surface area contributed by atoms with Crippen LogP contribution in [0.5, 0.6) is 0 Å². The van der Waals surface area contributed by atoms with Crippen LogP contribution in [0.1, 0.15) is 5.69 Å². The summed E-state index contributed by atoms with van der Waals surface area (Å²) in [5.74, 6) is 0. The summed E-state index contributed by atoms with van der Waals surface area (Å²) in [5, 5.41) is 4.08. The third kappa shape index (κ3) is 2.55. The maximum Gasteiger partial charge on any atom is 0.433 e. The van der Waals surface area contributed by atoms with Crippen molar-refractivity contribution >= 4 is 11.0 Å². The second-order valence-electron chi connectivity index (χ2n) is 3.48. The lowest BCUT2D eigenvalue weighted by Gasteiger charge is -2.03. The maximum atomic E-state index is 12.4. The molecule has 0 amide bonds. The lowest BCUT2D eigenvalue weighted by Crippen LogP contribution is -2.07. The lowest BCUT2D eigenvalue weighted by atomic mass is 10.3. The molecule has 2 rings (SSSR count). The summed E-state index contributed by atoms with van der Waals surface area (Å²) < 4.78 is 43.6. The summed E-state index contributed by atoms with van der Waals surface area (Å²) in [5.41, 5.74) is -0.235. The van der Waals surface area contributed by atoms with Crippen LogP contribution in [-0.2, 0) is 17.5 Å². The molecule has 0 N–H and O–H groups in total. The Labute approximate surface area is 95.0 Å². The molecule has 17 heavy (non-hydrogen) atoms. The predicted octanol–water partition coefficient (Wildman–Crippen LogP) is 2.10. The molecule has 0 unspecified atom stereocenters. The summed E-state index contributed by atoms with van der Waals surface area (Å²) in [6, 6.07) is 2.24. The number of ether oxygens (including phenoxy) is 1. The number of hydrogen-bond donors (Lipinski definition) is 0. The highest BCUT2D eigenvalue weighted by molar-refractivity contribution is 5.73. The van der Waals surface area contributed by atoms with Crippen LogP contribution < -0.4 is 0 Å². The van der Waals surface area contributed by atoms with Crippen molar-refractivity contribution in [2.24, 2.45) is 0 Å². The number of pyridine rings is 1. The van der Waals surface area contributed by atoms with Gasteiger partial charge in [0, 0.05) is 7.11 Å². The Morgan fingerprint density at radius 1 is 1.29 bits per heavy atom. The molecule has 0 aromatic carbocycles. The summed E-state index contributed by atoms with van der Waals surface area (Å²) in [6.07, 6.45) is -2.95. The van der Waals surface area contributed by atoms with Crippen LogP contribution in [0.3, 0.4) is 0 Å². The van der Waals surface area contributed by atoms with E-state index in [1.54, 1.807) is 7.11 Å². The molecule has 0 saturated heterocycles. The Balaban J connectivity index is 2.34. The van der Waals surface area contributed by atoms with Crippen molar-refractivity contribution in [3.63, 3.8) is 0 Å². The van der Waals surface area contributed by atoms with Gasteiger partial charge in [0.15, 0.2) is 0 Å². The number of alkyl halides is 3. The topological polar surface area (TPSA) is 39.9 Å². The summed E-state index contributed by atoms with van der Waals surface area (Å²) in [4.78, 5) is 3.53. The molecule has 0 saturated carbocycles. The van der Waals surface area contributed by atoms with E-state index in [9.17, 15) is 13.2 Å². The first-order chi connectivity index (χ1) is 8.00. The van der Waals surface area contributed by atoms with Gasteiger partial charge < -0.3 is 4.74 Å². The molecule has 2 heterocycles. The van der Waals surface area contributed by atoms with Crippen LogP contribution in [0.2, 0.25) is 0 Å². The van der Waals surface area contributed by atoms with Crippen LogP contribution >= 0.6 is 0 Å². The van der Waals surface area contributed by atoms with Gasteiger partial charge in [0.1, 0.15) is 16.7 Å². The van der Waals surface area contributed by atoms with E-state index >= 15 is 0 Å². The lowest BCUT2D eigenvalue weighted by molar-refractivity contribution is -0.140. The molecule has 0 aliphatic heterocycles. The SMILES string of the molecule is COCCn1cc2nc(C(F)(F)F)ccc2n1. The smallest absolute Gasteiger partial charge is 0.383 e. The molecule has 2 aromatic heterocycles. The van der Waals surface area contributed by atoms with Gasteiger partial charge in [-0.3, -0.25) is 4.68 Å². The van der Waals surface area contributed by atoms with Crippen LogP contribution in [-0.4, -0.2) is 28.5 Å². The molecule has 7 heteroatoms. The fourth-order valence-corrected chi connectivity index (χ4v) is 1.41. The van der Waals surface area contributed by atoms with Gasteiger partial charge in [0.2, 0.25) is 0 Å². The molecule has 92 valence electrons. The molecule has 4 nitrogen and oxygen atoms in total. The fraction of sp³-hybridized carbons (Fsp3) is 0.400.